The van der Waals surface area contributed by atoms with Gasteiger partial charge in [-0.25, -0.2) is 14.3 Å². The van der Waals surface area contributed by atoms with Crippen LogP contribution in [0.5, 0.6) is 0 Å². The molecule has 140 valence electrons. The van der Waals surface area contributed by atoms with Crippen molar-refractivity contribution in [3.63, 3.8) is 0 Å². The summed E-state index contributed by atoms with van der Waals surface area (Å²) >= 11 is 5.03. The van der Waals surface area contributed by atoms with Crippen molar-refractivity contribution in [2.75, 3.05) is 11.9 Å². The molecule has 2 rings (SSSR count). The molecule has 0 spiro atoms. The van der Waals surface area contributed by atoms with Gasteiger partial charge in [-0.05, 0) is 82.2 Å². The molecule has 2 aromatic carbocycles. The van der Waals surface area contributed by atoms with Crippen LogP contribution in [0.3, 0.4) is 0 Å². The first kappa shape index (κ1) is 21.0. The molecule has 0 radical (unpaired) electrons. The zero-order valence-electron chi connectivity index (χ0n) is 13.9. The van der Waals surface area contributed by atoms with Crippen molar-refractivity contribution in [2.45, 2.75) is 20.0 Å². The molecule has 26 heavy (non-hydrogen) atoms. The quantitative estimate of drug-likeness (QED) is 0.288. The second kappa shape index (κ2) is 9.07. The van der Waals surface area contributed by atoms with Gasteiger partial charge in [-0.2, -0.15) is 0 Å². The predicted molar refractivity (Wildman–Crippen MR) is 106 cm³/mol. The largest absolute Gasteiger partial charge is 0.391 e. The first-order valence-electron chi connectivity index (χ1n) is 7.51. The zero-order chi connectivity index (χ0) is 19.4. The van der Waals surface area contributed by atoms with Crippen molar-refractivity contribution in [2.24, 2.45) is 0 Å². The van der Waals surface area contributed by atoms with Crippen molar-refractivity contribution in [1.82, 2.24) is 5.48 Å². The van der Waals surface area contributed by atoms with E-state index in [9.17, 15) is 13.6 Å². The summed E-state index contributed by atoms with van der Waals surface area (Å²) in [5.41, 5.74) is 2.97. The van der Waals surface area contributed by atoms with E-state index >= 15 is 0 Å². The van der Waals surface area contributed by atoms with Crippen LogP contribution in [0.2, 0.25) is 0 Å². The number of rotatable bonds is 6. The third kappa shape index (κ3) is 5.12. The average molecular weight is 541 g/mol. The Morgan fingerprint density at radius 3 is 2.65 bits per heavy atom. The number of hydroxylamine groups is 1. The van der Waals surface area contributed by atoms with Crippen molar-refractivity contribution >= 4 is 55.8 Å². The third-order valence-electron chi connectivity index (χ3n) is 3.34. The molecule has 0 bridgehead atoms. The molecule has 0 aromatic heterocycles. The zero-order valence-corrected chi connectivity index (χ0v) is 17.6. The molecule has 5 nitrogen and oxygen atoms in total. The molecule has 0 aliphatic carbocycles. The van der Waals surface area contributed by atoms with E-state index in [-0.39, 0.29) is 22.3 Å². The topological polar surface area (TPSA) is 70.6 Å². The lowest BCUT2D eigenvalue weighted by atomic mass is 10.1. The fraction of sp³-hybridized carbons (Fsp3) is 0.235. The fourth-order valence-corrected chi connectivity index (χ4v) is 3.13. The Balaban J connectivity index is 2.39. The van der Waals surface area contributed by atoms with Crippen LogP contribution >= 0.6 is 38.5 Å². The fourth-order valence-electron chi connectivity index (χ4n) is 2.08. The number of carbonyl (C=O) groups is 1. The molecule has 0 aliphatic heterocycles. The Bertz CT molecular complexity index is 834. The Morgan fingerprint density at radius 1 is 1.35 bits per heavy atom. The Kier molecular flexibility index (Phi) is 7.33. The van der Waals surface area contributed by atoms with E-state index in [1.54, 1.807) is 12.1 Å². The highest BCUT2D eigenvalue weighted by molar-refractivity contribution is 14.1. The molecule has 9 heteroatoms. The molecular weight excluding hydrogens is 525 g/mol. The first-order valence-corrected chi connectivity index (χ1v) is 9.38. The second-order valence-corrected chi connectivity index (χ2v) is 7.68. The number of hydrogen-bond donors (Lipinski definition) is 3. The van der Waals surface area contributed by atoms with Gasteiger partial charge >= 0.3 is 0 Å². The Labute approximate surface area is 171 Å². The number of benzene rings is 2. The monoisotopic (exact) mass is 540 g/mol. The highest BCUT2D eigenvalue weighted by Crippen LogP contribution is 2.32. The lowest BCUT2D eigenvalue weighted by Crippen LogP contribution is -2.28. The van der Waals surface area contributed by atoms with E-state index in [4.69, 9.17) is 9.94 Å². The smallest absolute Gasteiger partial charge is 0.277 e. The van der Waals surface area contributed by atoms with E-state index in [1.165, 1.54) is 6.92 Å². The molecule has 3 N–H and O–H groups in total. The molecule has 0 saturated carbocycles. The van der Waals surface area contributed by atoms with Gasteiger partial charge in [0, 0.05) is 9.26 Å². The minimum Gasteiger partial charge on any atom is -0.391 e. The minimum absolute atomic E-state index is 0.143. The third-order valence-corrected chi connectivity index (χ3v) is 4.59. The van der Waals surface area contributed by atoms with Crippen LogP contribution in [0, 0.1) is 22.1 Å². The Hall–Kier alpha value is -1.30. The maximum atomic E-state index is 14.5. The van der Waals surface area contributed by atoms with Crippen LogP contribution in [0.15, 0.2) is 28.7 Å². The Morgan fingerprint density at radius 2 is 2.04 bits per heavy atom. The summed E-state index contributed by atoms with van der Waals surface area (Å²) in [5.74, 6) is -3.09. The molecule has 0 aliphatic rings. The maximum Gasteiger partial charge on any atom is 0.277 e. The lowest BCUT2D eigenvalue weighted by Gasteiger charge is -2.16. The summed E-state index contributed by atoms with van der Waals surface area (Å²) in [6, 6.07) is 6.53. The van der Waals surface area contributed by atoms with Gasteiger partial charge in [-0.15, -0.1) is 0 Å². The first-order chi connectivity index (χ1) is 12.2. The summed E-state index contributed by atoms with van der Waals surface area (Å²) < 4.78 is 29.3. The van der Waals surface area contributed by atoms with E-state index < -0.39 is 23.6 Å². The molecule has 0 heterocycles. The number of amides is 1. The number of aryl methyl sites for hydroxylation is 1. The molecular formula is C17H16BrF2IN2O3. The van der Waals surface area contributed by atoms with Crippen molar-refractivity contribution in [3.05, 3.63) is 55.1 Å². The van der Waals surface area contributed by atoms with Crippen molar-refractivity contribution in [1.29, 1.82) is 0 Å². The van der Waals surface area contributed by atoms with Crippen LogP contribution in [0.4, 0.5) is 20.2 Å². The number of halogens is 4. The summed E-state index contributed by atoms with van der Waals surface area (Å²) in [5, 5.41) is 11.9. The molecule has 0 saturated heterocycles. The van der Waals surface area contributed by atoms with Crippen LogP contribution < -0.4 is 10.8 Å². The van der Waals surface area contributed by atoms with E-state index in [0.717, 1.165) is 15.2 Å². The van der Waals surface area contributed by atoms with Crippen LogP contribution in [0.1, 0.15) is 22.8 Å². The van der Waals surface area contributed by atoms with Crippen molar-refractivity contribution in [3.8, 4) is 0 Å². The second-order valence-electron chi connectivity index (χ2n) is 5.58. The minimum atomic E-state index is -1.20. The molecule has 1 atom stereocenters. The van der Waals surface area contributed by atoms with Crippen LogP contribution in [-0.2, 0) is 4.84 Å². The standard InChI is InChI=1S/C17H16BrF2IN2O3/c1-8-5-10(21)3-4-13(8)22-16-11(6-12(18)14(19)15(16)20)17(25)23-26-7-9(2)24/h3-6,9,22,24H,7H2,1-2H3,(H,23,25). The summed E-state index contributed by atoms with van der Waals surface area (Å²) in [4.78, 5) is 17.2. The van der Waals surface area contributed by atoms with Crippen LogP contribution in [0.25, 0.3) is 0 Å². The van der Waals surface area contributed by atoms with Gasteiger partial charge in [0.1, 0.15) is 6.61 Å². The van der Waals surface area contributed by atoms with E-state index in [1.807, 2.05) is 13.0 Å². The number of anilines is 2. The SMILES string of the molecule is Cc1cc(I)ccc1Nc1c(C(=O)NOCC(C)O)cc(Br)c(F)c1F. The number of aliphatic hydroxyl groups is 1. The van der Waals surface area contributed by atoms with Gasteiger partial charge in [-0.1, -0.05) is 0 Å². The summed E-state index contributed by atoms with van der Waals surface area (Å²) in [7, 11) is 0. The van der Waals surface area contributed by atoms with Gasteiger partial charge in [0.2, 0.25) is 0 Å². The molecule has 0 fully saturated rings. The molecule has 1 unspecified atom stereocenters. The summed E-state index contributed by atoms with van der Waals surface area (Å²) in [6.07, 6.45) is -0.793. The van der Waals surface area contributed by atoms with Gasteiger partial charge in [0.05, 0.1) is 21.8 Å². The number of hydrogen-bond acceptors (Lipinski definition) is 4. The average Bonchev–Trinajstić information content (AvgIpc) is 2.56. The highest BCUT2D eigenvalue weighted by atomic mass is 127. The van der Waals surface area contributed by atoms with E-state index in [0.29, 0.717) is 5.69 Å². The molecule has 1 amide bonds. The highest BCUT2D eigenvalue weighted by Gasteiger charge is 2.22. The van der Waals surface area contributed by atoms with Crippen molar-refractivity contribution < 1.29 is 23.5 Å². The number of aliphatic hydroxyl groups excluding tert-OH is 1. The maximum absolute atomic E-state index is 14.5. The normalized spacial score (nSPS) is 12.0. The molecule has 2 aromatic rings. The van der Waals surface area contributed by atoms with Gasteiger partial charge in [0.15, 0.2) is 11.6 Å². The predicted octanol–water partition coefficient (Wildman–Crippen LogP) is 4.43. The summed E-state index contributed by atoms with van der Waals surface area (Å²) in [6.45, 7) is 3.14. The lowest BCUT2D eigenvalue weighted by molar-refractivity contribution is -0.00684. The van der Waals surface area contributed by atoms with Gasteiger partial charge in [-0.3, -0.25) is 9.63 Å². The van der Waals surface area contributed by atoms with Crippen LogP contribution in [-0.4, -0.2) is 23.7 Å². The number of nitrogens with one attached hydrogen (secondary N) is 2. The van der Waals surface area contributed by atoms with Gasteiger partial charge in [0.25, 0.3) is 5.91 Å². The van der Waals surface area contributed by atoms with Gasteiger partial charge < -0.3 is 10.4 Å². The number of carbonyl (C=O) groups excluding carboxylic acids is 1. The van der Waals surface area contributed by atoms with E-state index in [2.05, 4.69) is 49.3 Å².